The molecule has 1 aliphatic heterocycles. The number of hydrogen-bond acceptors (Lipinski definition) is 3. The number of carbonyl (C=O) groups is 2. The van der Waals surface area contributed by atoms with Gasteiger partial charge in [0.1, 0.15) is 11.6 Å². The zero-order valence-electron chi connectivity index (χ0n) is 19.7. The molecule has 2 atom stereocenters. The summed E-state index contributed by atoms with van der Waals surface area (Å²) in [6.07, 6.45) is 2.48. The number of hydrogen-bond donors (Lipinski definition) is 2. The first kappa shape index (κ1) is 23.4. The molecule has 1 aliphatic carbocycles. The Bertz CT molecular complexity index is 1270. The first-order valence-corrected chi connectivity index (χ1v) is 12.2. The summed E-state index contributed by atoms with van der Waals surface area (Å²) in [5, 5.41) is 8.45. The van der Waals surface area contributed by atoms with Crippen molar-refractivity contribution in [3.63, 3.8) is 0 Å². The van der Waals surface area contributed by atoms with E-state index in [1.165, 1.54) is 10.9 Å². The van der Waals surface area contributed by atoms with Gasteiger partial charge in [-0.15, -0.1) is 0 Å². The van der Waals surface area contributed by atoms with Crippen LogP contribution in [0.1, 0.15) is 40.7 Å². The average Bonchev–Trinajstić information content (AvgIpc) is 3.69. The molecular weight excluding hydrogens is 448 g/mol. The second-order valence-corrected chi connectivity index (χ2v) is 9.59. The van der Waals surface area contributed by atoms with Gasteiger partial charge in [-0.3, -0.25) is 9.59 Å². The summed E-state index contributed by atoms with van der Waals surface area (Å²) in [6.45, 7) is 3.68. The summed E-state index contributed by atoms with van der Waals surface area (Å²) < 4.78 is 27.4. The Morgan fingerprint density at radius 2 is 1.80 bits per heavy atom. The Balaban J connectivity index is 1.37. The van der Waals surface area contributed by atoms with Crippen LogP contribution in [0.25, 0.3) is 10.8 Å². The predicted octanol–water partition coefficient (Wildman–Crippen LogP) is 4.33. The zero-order valence-corrected chi connectivity index (χ0v) is 19.7. The lowest BCUT2D eigenvalue weighted by Crippen LogP contribution is -2.55. The van der Waals surface area contributed by atoms with E-state index in [9.17, 15) is 18.4 Å². The number of fused-ring (bicyclic) bond motifs is 1. The fraction of sp³-hybridized carbons (Fsp3) is 0.357. The second kappa shape index (κ2) is 9.74. The Morgan fingerprint density at radius 1 is 1.03 bits per heavy atom. The third kappa shape index (κ3) is 4.91. The number of amides is 2. The summed E-state index contributed by atoms with van der Waals surface area (Å²) in [6, 6.07) is 15.1. The Hall–Kier alpha value is -3.32. The smallest absolute Gasteiger partial charge is 0.254 e. The maximum absolute atomic E-state index is 14.2. The van der Waals surface area contributed by atoms with Crippen LogP contribution in [-0.2, 0) is 11.3 Å². The van der Waals surface area contributed by atoms with E-state index >= 15 is 0 Å². The lowest BCUT2D eigenvalue weighted by atomic mass is 9.91. The number of benzene rings is 3. The summed E-state index contributed by atoms with van der Waals surface area (Å²) in [5.41, 5.74) is 2.08. The van der Waals surface area contributed by atoms with Crippen LogP contribution in [0.5, 0.6) is 0 Å². The fourth-order valence-corrected chi connectivity index (χ4v) is 5.03. The topological polar surface area (TPSA) is 61.4 Å². The molecule has 1 heterocycles. The predicted molar refractivity (Wildman–Crippen MR) is 131 cm³/mol. The van der Waals surface area contributed by atoms with Crippen molar-refractivity contribution in [2.24, 2.45) is 5.92 Å². The molecule has 2 unspecified atom stereocenters. The minimum Gasteiger partial charge on any atom is -0.348 e. The van der Waals surface area contributed by atoms with Gasteiger partial charge in [-0.25, -0.2) is 8.78 Å². The third-order valence-electron chi connectivity index (χ3n) is 7.14. The van der Waals surface area contributed by atoms with Crippen LogP contribution in [0.15, 0.2) is 54.6 Å². The lowest BCUT2D eigenvalue weighted by molar-refractivity contribution is -0.138. The molecule has 0 radical (unpaired) electrons. The van der Waals surface area contributed by atoms with Crippen molar-refractivity contribution in [3.8, 4) is 0 Å². The van der Waals surface area contributed by atoms with Crippen LogP contribution in [0, 0.1) is 24.5 Å². The molecule has 1 saturated carbocycles. The maximum atomic E-state index is 14.2. The van der Waals surface area contributed by atoms with Crippen molar-refractivity contribution in [1.82, 2.24) is 15.5 Å². The van der Waals surface area contributed by atoms with Crippen LogP contribution in [-0.4, -0.2) is 41.9 Å². The summed E-state index contributed by atoms with van der Waals surface area (Å²) >= 11 is 0. The van der Waals surface area contributed by atoms with Gasteiger partial charge < -0.3 is 15.5 Å². The van der Waals surface area contributed by atoms with E-state index in [1.54, 1.807) is 0 Å². The first-order chi connectivity index (χ1) is 16.9. The minimum absolute atomic E-state index is 0.00534. The Morgan fingerprint density at radius 3 is 2.54 bits per heavy atom. The molecule has 5 rings (SSSR count). The molecule has 2 fully saturated rings. The number of rotatable bonds is 6. The fourth-order valence-electron chi connectivity index (χ4n) is 5.03. The molecule has 2 amide bonds. The molecule has 0 aromatic heterocycles. The van der Waals surface area contributed by atoms with Gasteiger partial charge in [-0.05, 0) is 66.8 Å². The molecule has 5 nitrogen and oxygen atoms in total. The lowest BCUT2D eigenvalue weighted by Gasteiger charge is -2.36. The largest absolute Gasteiger partial charge is 0.348 e. The van der Waals surface area contributed by atoms with E-state index in [0.717, 1.165) is 35.9 Å². The maximum Gasteiger partial charge on any atom is 0.254 e. The van der Waals surface area contributed by atoms with Crippen LogP contribution in [0.4, 0.5) is 8.78 Å². The van der Waals surface area contributed by atoms with E-state index in [1.807, 2.05) is 17.0 Å². The highest BCUT2D eigenvalue weighted by Crippen LogP contribution is 2.33. The molecule has 0 spiro atoms. The normalized spacial score (nSPS) is 20.0. The zero-order chi connectivity index (χ0) is 24.5. The third-order valence-corrected chi connectivity index (χ3v) is 7.14. The molecule has 35 heavy (non-hydrogen) atoms. The monoisotopic (exact) mass is 477 g/mol. The van der Waals surface area contributed by atoms with Crippen LogP contribution < -0.4 is 10.6 Å². The molecule has 3 aromatic carbocycles. The Labute approximate surface area is 203 Å². The molecule has 7 heteroatoms. The Kier molecular flexibility index (Phi) is 6.52. The highest BCUT2D eigenvalue weighted by atomic mass is 19.1. The van der Waals surface area contributed by atoms with Crippen LogP contribution in [0.3, 0.4) is 0 Å². The van der Waals surface area contributed by atoms with Gasteiger partial charge in [0.15, 0.2) is 0 Å². The van der Waals surface area contributed by atoms with Crippen LogP contribution >= 0.6 is 0 Å². The van der Waals surface area contributed by atoms with E-state index < -0.39 is 29.5 Å². The first-order valence-electron chi connectivity index (χ1n) is 12.2. The van der Waals surface area contributed by atoms with Gasteiger partial charge in [0.2, 0.25) is 5.91 Å². The number of piperidine rings is 1. The van der Waals surface area contributed by atoms with Crippen molar-refractivity contribution in [2.75, 3.05) is 13.1 Å². The average molecular weight is 478 g/mol. The molecule has 182 valence electrons. The van der Waals surface area contributed by atoms with Crippen molar-refractivity contribution in [2.45, 2.75) is 44.8 Å². The standard InChI is InChI=1S/C28H29F2N3O2/c1-17-6-7-18(22-5-3-2-4-21(17)22)16-33(20-9-10-20)28(35)24-15-31-13-12-26(24)32-27(34)23-11-8-19(29)14-25(23)30/h2-8,11,14,20,24,26,31H,9-10,12-13,15-16H2,1H3,(H,32,34). The highest BCUT2D eigenvalue weighted by molar-refractivity contribution is 5.95. The van der Waals surface area contributed by atoms with Crippen molar-refractivity contribution < 1.29 is 18.4 Å². The van der Waals surface area contributed by atoms with E-state index in [-0.39, 0.29) is 17.5 Å². The number of nitrogens with one attached hydrogen (secondary N) is 2. The molecular formula is C28H29F2N3O2. The molecule has 2 N–H and O–H groups in total. The quantitative estimate of drug-likeness (QED) is 0.556. The number of aryl methyl sites for hydroxylation is 1. The summed E-state index contributed by atoms with van der Waals surface area (Å²) in [7, 11) is 0. The van der Waals surface area contributed by atoms with Gasteiger partial charge >= 0.3 is 0 Å². The van der Waals surface area contributed by atoms with Crippen molar-refractivity contribution in [3.05, 3.63) is 82.9 Å². The minimum atomic E-state index is -0.912. The van der Waals surface area contributed by atoms with Gasteiger partial charge in [-0.1, -0.05) is 36.4 Å². The van der Waals surface area contributed by atoms with E-state index in [2.05, 4.69) is 41.8 Å². The van der Waals surface area contributed by atoms with Gasteiger partial charge in [-0.2, -0.15) is 0 Å². The number of carbonyl (C=O) groups excluding carboxylic acids is 2. The summed E-state index contributed by atoms with van der Waals surface area (Å²) in [4.78, 5) is 28.6. The van der Waals surface area contributed by atoms with E-state index in [0.29, 0.717) is 32.1 Å². The highest BCUT2D eigenvalue weighted by Gasteiger charge is 2.40. The van der Waals surface area contributed by atoms with E-state index in [4.69, 9.17) is 0 Å². The SMILES string of the molecule is Cc1ccc(CN(C(=O)C2CNCCC2NC(=O)c2ccc(F)cc2F)C2CC2)c2ccccc12. The van der Waals surface area contributed by atoms with Gasteiger partial charge in [0.05, 0.1) is 11.5 Å². The second-order valence-electron chi connectivity index (χ2n) is 9.59. The molecule has 1 saturated heterocycles. The van der Waals surface area contributed by atoms with Gasteiger partial charge in [0, 0.05) is 31.2 Å². The molecule has 0 bridgehead atoms. The van der Waals surface area contributed by atoms with Crippen LogP contribution in [0.2, 0.25) is 0 Å². The van der Waals surface area contributed by atoms with Crippen molar-refractivity contribution in [1.29, 1.82) is 0 Å². The number of nitrogens with zero attached hydrogens (tertiary/aromatic N) is 1. The van der Waals surface area contributed by atoms with Crippen molar-refractivity contribution >= 4 is 22.6 Å². The molecule has 3 aromatic rings. The van der Waals surface area contributed by atoms with Gasteiger partial charge in [0.25, 0.3) is 5.91 Å². The number of halogens is 2. The molecule has 2 aliphatic rings. The summed E-state index contributed by atoms with van der Waals surface area (Å²) in [5.74, 6) is -2.75.